The Bertz CT molecular complexity index is 549. The first-order chi connectivity index (χ1) is 9.72. The number of aromatic nitrogens is 5. The van der Waals surface area contributed by atoms with Gasteiger partial charge in [-0.25, -0.2) is 14.5 Å². The third-order valence-corrected chi connectivity index (χ3v) is 2.93. The molecule has 8 nitrogen and oxygen atoms in total. The Kier molecular flexibility index (Phi) is 4.83. The van der Waals surface area contributed by atoms with Gasteiger partial charge in [-0.15, -0.1) is 5.10 Å². The lowest BCUT2D eigenvalue weighted by Gasteiger charge is -2.07. The van der Waals surface area contributed by atoms with Crippen molar-refractivity contribution in [1.29, 1.82) is 0 Å². The second kappa shape index (κ2) is 6.80. The van der Waals surface area contributed by atoms with Crippen LogP contribution in [0.25, 0.3) is 0 Å². The predicted molar refractivity (Wildman–Crippen MR) is 69.4 cm³/mol. The molecular weight excluding hydrogens is 262 g/mol. The lowest BCUT2D eigenvalue weighted by atomic mass is 10.2. The Balaban J connectivity index is 2.00. The molecule has 2 aromatic heterocycles. The molecule has 0 saturated carbocycles. The van der Waals surface area contributed by atoms with E-state index in [2.05, 4.69) is 15.3 Å². The lowest BCUT2D eigenvalue weighted by Crippen LogP contribution is -2.12. The second-order valence-electron chi connectivity index (χ2n) is 4.31. The minimum absolute atomic E-state index is 0.00433. The van der Waals surface area contributed by atoms with E-state index < -0.39 is 5.97 Å². The van der Waals surface area contributed by atoms with Crippen LogP contribution in [0.5, 0.6) is 0 Å². The summed E-state index contributed by atoms with van der Waals surface area (Å²) in [7, 11) is 1.58. The van der Waals surface area contributed by atoms with Crippen molar-refractivity contribution >= 4 is 5.97 Å². The average Bonchev–Trinajstić information content (AvgIpc) is 3.06. The summed E-state index contributed by atoms with van der Waals surface area (Å²) in [6.07, 6.45) is 6.66. The summed E-state index contributed by atoms with van der Waals surface area (Å²) in [6, 6.07) is 0. The van der Waals surface area contributed by atoms with E-state index in [0.717, 1.165) is 13.0 Å². The van der Waals surface area contributed by atoms with Crippen LogP contribution in [0.2, 0.25) is 0 Å². The average molecular weight is 279 g/mol. The highest BCUT2D eigenvalue weighted by Gasteiger charge is 2.18. The van der Waals surface area contributed by atoms with Crippen molar-refractivity contribution < 1.29 is 14.6 Å². The summed E-state index contributed by atoms with van der Waals surface area (Å²) in [4.78, 5) is 15.1. The molecule has 0 aromatic carbocycles. The molecule has 8 heteroatoms. The molecule has 0 atom stereocenters. The molecule has 0 radical (unpaired) electrons. The maximum atomic E-state index is 11.1. The first-order valence-corrected chi connectivity index (χ1v) is 6.32. The van der Waals surface area contributed by atoms with Gasteiger partial charge >= 0.3 is 5.97 Å². The zero-order valence-corrected chi connectivity index (χ0v) is 11.3. The van der Waals surface area contributed by atoms with E-state index in [1.54, 1.807) is 24.3 Å². The van der Waals surface area contributed by atoms with Crippen LogP contribution in [-0.4, -0.2) is 49.3 Å². The Morgan fingerprint density at radius 2 is 2.30 bits per heavy atom. The summed E-state index contributed by atoms with van der Waals surface area (Å²) in [5.41, 5.74) is 0.606. The molecule has 20 heavy (non-hydrogen) atoms. The normalized spacial score (nSPS) is 10.8. The molecule has 0 unspecified atom stereocenters. The van der Waals surface area contributed by atoms with E-state index in [-0.39, 0.29) is 5.69 Å². The van der Waals surface area contributed by atoms with Crippen LogP contribution >= 0.6 is 0 Å². The Morgan fingerprint density at radius 3 is 2.95 bits per heavy atom. The Morgan fingerprint density at radius 1 is 1.45 bits per heavy atom. The maximum Gasteiger partial charge on any atom is 0.358 e. The molecule has 0 spiro atoms. The molecular formula is C12H17N5O3. The lowest BCUT2D eigenvalue weighted by molar-refractivity contribution is 0.0688. The molecule has 0 amide bonds. The van der Waals surface area contributed by atoms with Crippen LogP contribution in [0.4, 0.5) is 0 Å². The topological polar surface area (TPSA) is 95.1 Å². The van der Waals surface area contributed by atoms with Gasteiger partial charge in [-0.2, -0.15) is 0 Å². The number of rotatable bonds is 8. The number of ether oxygens (including phenoxy) is 1. The molecule has 0 saturated heterocycles. The molecule has 2 heterocycles. The van der Waals surface area contributed by atoms with Gasteiger partial charge in [0.1, 0.15) is 0 Å². The van der Waals surface area contributed by atoms with E-state index in [0.29, 0.717) is 25.3 Å². The number of aromatic carboxylic acids is 1. The van der Waals surface area contributed by atoms with E-state index in [1.807, 2.05) is 10.8 Å². The molecule has 0 bridgehead atoms. The highest BCUT2D eigenvalue weighted by molar-refractivity contribution is 5.86. The molecule has 0 aliphatic carbocycles. The quantitative estimate of drug-likeness (QED) is 0.754. The van der Waals surface area contributed by atoms with Crippen LogP contribution in [-0.2, 0) is 24.2 Å². The standard InChI is InChI=1S/C12H17N5O3/c1-20-8-3-10-11(12(18)19)14-15-17(10)6-2-5-16-7-4-13-9-16/h4,7,9H,2-3,5-6,8H2,1H3,(H,18,19). The number of nitrogens with zero attached hydrogens (tertiary/aromatic N) is 5. The Hall–Kier alpha value is -2.22. The Labute approximate surface area is 116 Å². The molecule has 0 fully saturated rings. The summed E-state index contributed by atoms with van der Waals surface area (Å²) < 4.78 is 8.59. The van der Waals surface area contributed by atoms with Crippen molar-refractivity contribution in [3.63, 3.8) is 0 Å². The highest BCUT2D eigenvalue weighted by Crippen LogP contribution is 2.08. The zero-order valence-electron chi connectivity index (χ0n) is 11.3. The molecule has 108 valence electrons. The largest absolute Gasteiger partial charge is 0.476 e. The van der Waals surface area contributed by atoms with E-state index in [1.165, 1.54) is 0 Å². The van der Waals surface area contributed by atoms with E-state index in [9.17, 15) is 4.79 Å². The molecule has 0 aliphatic rings. The number of carbonyl (C=O) groups is 1. The number of hydrogen-bond donors (Lipinski definition) is 1. The van der Waals surface area contributed by atoms with E-state index >= 15 is 0 Å². The van der Waals surface area contributed by atoms with Crippen LogP contribution in [0.3, 0.4) is 0 Å². The van der Waals surface area contributed by atoms with Crippen molar-refractivity contribution in [3.8, 4) is 0 Å². The minimum atomic E-state index is -1.06. The fourth-order valence-electron chi connectivity index (χ4n) is 1.95. The summed E-state index contributed by atoms with van der Waals surface area (Å²) in [5, 5.41) is 16.7. The van der Waals surface area contributed by atoms with Crippen LogP contribution in [0, 0.1) is 0 Å². The third kappa shape index (κ3) is 3.41. The highest BCUT2D eigenvalue weighted by atomic mass is 16.5. The first-order valence-electron chi connectivity index (χ1n) is 6.32. The minimum Gasteiger partial charge on any atom is -0.476 e. The van der Waals surface area contributed by atoms with Gasteiger partial charge in [-0.1, -0.05) is 5.21 Å². The summed E-state index contributed by atoms with van der Waals surface area (Å²) in [5.74, 6) is -1.06. The van der Waals surface area contributed by atoms with Crippen LogP contribution < -0.4 is 0 Å². The van der Waals surface area contributed by atoms with Crippen molar-refractivity contribution in [2.24, 2.45) is 0 Å². The fraction of sp³-hybridized carbons (Fsp3) is 0.500. The molecule has 2 rings (SSSR count). The maximum absolute atomic E-state index is 11.1. The monoisotopic (exact) mass is 279 g/mol. The van der Waals surface area contributed by atoms with Crippen molar-refractivity contribution in [1.82, 2.24) is 24.5 Å². The van der Waals surface area contributed by atoms with Crippen LogP contribution in [0.15, 0.2) is 18.7 Å². The van der Waals surface area contributed by atoms with Gasteiger partial charge in [0.2, 0.25) is 0 Å². The number of imidazole rings is 1. The molecule has 1 N–H and O–H groups in total. The van der Waals surface area contributed by atoms with Gasteiger partial charge in [0.25, 0.3) is 0 Å². The van der Waals surface area contributed by atoms with Crippen molar-refractivity contribution in [2.75, 3.05) is 13.7 Å². The van der Waals surface area contributed by atoms with E-state index in [4.69, 9.17) is 9.84 Å². The van der Waals surface area contributed by atoms with Crippen LogP contribution in [0.1, 0.15) is 22.6 Å². The van der Waals surface area contributed by atoms with Gasteiger partial charge in [-0.3, -0.25) is 0 Å². The third-order valence-electron chi connectivity index (χ3n) is 2.93. The summed E-state index contributed by atoms with van der Waals surface area (Å²) in [6.45, 7) is 1.85. The van der Waals surface area contributed by atoms with Gasteiger partial charge in [0.15, 0.2) is 5.69 Å². The smallest absolute Gasteiger partial charge is 0.358 e. The molecule has 2 aromatic rings. The van der Waals surface area contributed by atoms with Crippen molar-refractivity contribution in [3.05, 3.63) is 30.1 Å². The number of aryl methyl sites for hydroxylation is 2. The first kappa shape index (κ1) is 14.2. The van der Waals surface area contributed by atoms with Crippen molar-refractivity contribution in [2.45, 2.75) is 25.9 Å². The number of hydrogen-bond acceptors (Lipinski definition) is 5. The number of carboxylic acid groups (broad SMARTS) is 1. The molecule has 0 aliphatic heterocycles. The van der Waals surface area contributed by atoms with Gasteiger partial charge in [0, 0.05) is 39.0 Å². The number of carboxylic acids is 1. The number of methoxy groups -OCH3 is 1. The second-order valence-corrected chi connectivity index (χ2v) is 4.31. The predicted octanol–water partition coefficient (Wildman–Crippen LogP) is 0.452. The van der Waals surface area contributed by atoms with Gasteiger partial charge < -0.3 is 14.4 Å². The SMILES string of the molecule is COCCc1c(C(=O)O)nnn1CCCn1ccnc1. The zero-order chi connectivity index (χ0) is 14.4. The fourth-order valence-corrected chi connectivity index (χ4v) is 1.95. The van der Waals surface area contributed by atoms with Gasteiger partial charge in [-0.05, 0) is 6.42 Å². The van der Waals surface area contributed by atoms with Gasteiger partial charge in [0.05, 0.1) is 18.6 Å². The summed E-state index contributed by atoms with van der Waals surface area (Å²) >= 11 is 0.